The van der Waals surface area contributed by atoms with Gasteiger partial charge in [0.1, 0.15) is 5.82 Å². The van der Waals surface area contributed by atoms with Crippen molar-refractivity contribution in [3.05, 3.63) is 212 Å². The van der Waals surface area contributed by atoms with E-state index < -0.39 is 0 Å². The van der Waals surface area contributed by atoms with Crippen LogP contribution in [0.4, 0.5) is 22.7 Å². The molecule has 13 rings (SSSR count). The third kappa shape index (κ3) is 7.04. The molecular formula is C64H49N4OPt-3. The molecule has 0 saturated carbocycles. The molecule has 0 unspecified atom stereocenters. The predicted molar refractivity (Wildman–Crippen MR) is 289 cm³/mol. The van der Waals surface area contributed by atoms with Crippen molar-refractivity contribution in [1.29, 1.82) is 0 Å². The van der Waals surface area contributed by atoms with Gasteiger partial charge in [0.2, 0.25) is 0 Å². The Labute approximate surface area is 422 Å². The molecule has 5 nitrogen and oxygen atoms in total. The zero-order valence-electron chi connectivity index (χ0n) is 39.9. The van der Waals surface area contributed by atoms with Crippen molar-refractivity contribution in [2.75, 3.05) is 9.80 Å². The van der Waals surface area contributed by atoms with Gasteiger partial charge in [-0.05, 0) is 96.6 Å². The van der Waals surface area contributed by atoms with E-state index in [1.807, 2.05) is 6.07 Å². The molecule has 0 fully saturated rings. The van der Waals surface area contributed by atoms with Gasteiger partial charge in [-0.3, -0.25) is 0 Å². The van der Waals surface area contributed by atoms with Crippen LogP contribution >= 0.6 is 0 Å². The molecule has 1 aliphatic heterocycles. The Hall–Kier alpha value is -7.46. The third-order valence-corrected chi connectivity index (χ3v) is 14.1. The summed E-state index contributed by atoms with van der Waals surface area (Å²) >= 11 is 0. The van der Waals surface area contributed by atoms with Gasteiger partial charge >= 0.3 is 0 Å². The number of pyridine rings is 1. The van der Waals surface area contributed by atoms with Gasteiger partial charge in [-0.2, -0.15) is 6.07 Å². The molecule has 3 heterocycles. The molecule has 2 aromatic heterocycles. The van der Waals surface area contributed by atoms with Crippen LogP contribution in [0.1, 0.15) is 52.7 Å². The van der Waals surface area contributed by atoms with Crippen LogP contribution in [0, 0.1) is 18.8 Å². The summed E-state index contributed by atoms with van der Waals surface area (Å²) in [5.74, 6) is 2.07. The Morgan fingerprint density at radius 2 is 1.10 bits per heavy atom. The van der Waals surface area contributed by atoms with Crippen molar-refractivity contribution in [2.45, 2.75) is 52.4 Å². The van der Waals surface area contributed by atoms with Crippen LogP contribution in [-0.4, -0.2) is 9.55 Å². The molecule has 1 aliphatic rings. The van der Waals surface area contributed by atoms with Gasteiger partial charge in [0, 0.05) is 71.3 Å². The molecule has 0 spiro atoms. The molecule has 70 heavy (non-hydrogen) atoms. The number of hydrogen-bond donors (Lipinski definition) is 0. The Bertz CT molecular complexity index is 4080. The van der Waals surface area contributed by atoms with E-state index in [9.17, 15) is 0 Å². The quantitative estimate of drug-likeness (QED) is 0.127. The predicted octanol–water partition coefficient (Wildman–Crippen LogP) is 17.3. The van der Waals surface area contributed by atoms with Crippen molar-refractivity contribution in [1.82, 2.24) is 9.55 Å². The molecule has 0 amide bonds. The Morgan fingerprint density at radius 1 is 0.471 bits per heavy atom. The van der Waals surface area contributed by atoms with E-state index in [1.165, 1.54) is 43.3 Å². The maximum Gasteiger partial charge on any atom is 0.144 e. The van der Waals surface area contributed by atoms with Crippen LogP contribution in [0.2, 0.25) is 0 Å². The Morgan fingerprint density at radius 3 is 1.86 bits per heavy atom. The minimum atomic E-state index is -0.174. The third-order valence-electron chi connectivity index (χ3n) is 14.1. The molecular weight excluding hydrogens is 1040 g/mol. The van der Waals surface area contributed by atoms with Crippen LogP contribution in [0.25, 0.3) is 81.6 Å². The summed E-state index contributed by atoms with van der Waals surface area (Å²) in [6.45, 7) is 15.7. The number of anilines is 4. The molecule has 6 heteroatoms. The number of nitrogens with zero attached hydrogens (tertiary/aromatic N) is 4. The average Bonchev–Trinajstić information content (AvgIpc) is 3.91. The fraction of sp³-hybridized carbons (Fsp3) is 0.125. The zero-order chi connectivity index (χ0) is 46.8. The number of para-hydroxylation sites is 3. The minimum absolute atomic E-state index is 0. The van der Waals surface area contributed by atoms with Gasteiger partial charge in [-0.1, -0.05) is 162 Å². The van der Waals surface area contributed by atoms with Crippen LogP contribution in [0.15, 0.2) is 182 Å². The topological polar surface area (TPSA) is 33.5 Å². The zero-order valence-corrected chi connectivity index (χ0v) is 42.2. The van der Waals surface area contributed by atoms with E-state index in [-0.39, 0.29) is 31.9 Å². The molecule has 12 aromatic rings. The maximum absolute atomic E-state index is 6.97. The number of ether oxygens (including phenoxy) is 1. The Balaban J connectivity index is 0.00000505. The molecule has 0 saturated heterocycles. The van der Waals surface area contributed by atoms with E-state index in [2.05, 4.69) is 251 Å². The summed E-state index contributed by atoms with van der Waals surface area (Å²) in [7, 11) is 0. The van der Waals surface area contributed by atoms with Crippen molar-refractivity contribution < 1.29 is 25.8 Å². The molecule has 10 aromatic carbocycles. The molecule has 0 radical (unpaired) electrons. The molecule has 0 N–H and O–H groups in total. The van der Waals surface area contributed by atoms with Gasteiger partial charge in [0.05, 0.1) is 5.52 Å². The van der Waals surface area contributed by atoms with Gasteiger partial charge < -0.3 is 19.1 Å². The van der Waals surface area contributed by atoms with Crippen LogP contribution < -0.4 is 14.5 Å². The number of rotatable bonds is 5. The summed E-state index contributed by atoms with van der Waals surface area (Å²) in [6, 6.07) is 72.9. The second kappa shape index (κ2) is 16.3. The van der Waals surface area contributed by atoms with Crippen LogP contribution in [0.3, 0.4) is 0 Å². The SMILES string of the molecule is CC(C)(C)c1cc(Oc2[c-]c3c(cc2)c2ccccc2n3-c2nc3ccc4ccc5ccccc5c4c3c3c2ccc2ccccc23)[c-]c(N2[CH-]N(c3cccc(C(C)(C)C)c3)c3ccccc32)c1.[Pt]. The fourth-order valence-electron chi connectivity index (χ4n) is 10.6. The average molecular weight is 1090 g/mol. The number of aromatic nitrogens is 2. The monoisotopic (exact) mass is 1080 g/mol. The normalized spacial score (nSPS) is 13.1. The standard InChI is InChI=1S/C64H49N4O.Pt/c1-63(2,3)43-18-15-19-45(34-43)66-39-67(57-25-14-13-24-56(57)66)46-35-44(64(4,5)6)36-48(37-46)69-47-30-32-52-51-22-11-12-23-55(51)68(58(52)38-47)62-53-31-28-41-17-8-10-21-50(41)60(53)61-54(65-62)33-29-42-27-26-40-16-7-9-20-49(40)59(42)61;/h7-36,39H,1-6H3;/q-3;. The first-order valence-electron chi connectivity index (χ1n) is 23.9. The number of benzene rings is 10. The van der Waals surface area contributed by atoms with E-state index in [0.717, 1.165) is 72.2 Å². The first-order chi connectivity index (χ1) is 33.5. The van der Waals surface area contributed by atoms with E-state index in [4.69, 9.17) is 9.72 Å². The van der Waals surface area contributed by atoms with Crippen molar-refractivity contribution in [3.8, 4) is 17.3 Å². The molecule has 0 aliphatic carbocycles. The minimum Gasteiger partial charge on any atom is -0.509 e. The molecule has 0 atom stereocenters. The summed E-state index contributed by atoms with van der Waals surface area (Å²) in [5, 5.41) is 12.9. The van der Waals surface area contributed by atoms with Crippen molar-refractivity contribution in [3.63, 3.8) is 0 Å². The summed E-state index contributed by atoms with van der Waals surface area (Å²) < 4.78 is 9.26. The van der Waals surface area contributed by atoms with Gasteiger partial charge in [-0.15, -0.1) is 53.6 Å². The fourth-order valence-corrected chi connectivity index (χ4v) is 10.6. The van der Waals surface area contributed by atoms with Crippen molar-refractivity contribution >= 4 is 98.5 Å². The number of hydrogen-bond acceptors (Lipinski definition) is 4. The van der Waals surface area contributed by atoms with Crippen LogP contribution in [-0.2, 0) is 31.9 Å². The van der Waals surface area contributed by atoms with E-state index in [1.54, 1.807) is 0 Å². The summed E-state index contributed by atoms with van der Waals surface area (Å²) in [6.07, 6.45) is 0. The van der Waals surface area contributed by atoms with Gasteiger partial charge in [0.25, 0.3) is 0 Å². The number of fused-ring (bicyclic) bond motifs is 13. The van der Waals surface area contributed by atoms with Crippen molar-refractivity contribution in [2.24, 2.45) is 0 Å². The molecule has 0 bridgehead atoms. The summed E-state index contributed by atoms with van der Waals surface area (Å²) in [5.41, 5.74) is 9.35. The maximum atomic E-state index is 6.97. The van der Waals surface area contributed by atoms with E-state index in [0.29, 0.717) is 11.5 Å². The summed E-state index contributed by atoms with van der Waals surface area (Å²) in [4.78, 5) is 10.2. The van der Waals surface area contributed by atoms with Gasteiger partial charge in [-0.25, -0.2) is 4.98 Å². The largest absolute Gasteiger partial charge is 0.509 e. The first-order valence-corrected chi connectivity index (χ1v) is 23.9. The molecule has 344 valence electrons. The van der Waals surface area contributed by atoms with Crippen LogP contribution in [0.5, 0.6) is 11.5 Å². The van der Waals surface area contributed by atoms with E-state index >= 15 is 0 Å². The smallest absolute Gasteiger partial charge is 0.144 e. The van der Waals surface area contributed by atoms with Gasteiger partial charge in [0.15, 0.2) is 0 Å². The second-order valence-electron chi connectivity index (χ2n) is 20.5. The first kappa shape index (κ1) is 43.8. The second-order valence-corrected chi connectivity index (χ2v) is 20.5. The Kier molecular flexibility index (Phi) is 10.2.